The summed E-state index contributed by atoms with van der Waals surface area (Å²) in [5, 5.41) is 19.2. The van der Waals surface area contributed by atoms with Crippen molar-refractivity contribution in [1.29, 1.82) is 0 Å². The number of benzene rings is 1. The van der Waals surface area contributed by atoms with Crippen molar-refractivity contribution in [3.63, 3.8) is 0 Å². The number of nitrogens with zero attached hydrogens (tertiary/aromatic N) is 4. The first kappa shape index (κ1) is 11.8. The minimum Gasteiger partial charge on any atom is -0.317 e. The molecule has 1 saturated heterocycles. The molecule has 20 heavy (non-hydrogen) atoms. The van der Waals surface area contributed by atoms with Gasteiger partial charge in [0.25, 0.3) is 0 Å². The molecule has 1 aromatic carbocycles. The topological polar surface area (TPSA) is 55.1 Å². The summed E-state index contributed by atoms with van der Waals surface area (Å²) >= 11 is 0. The molecule has 1 N–H and O–H groups in total. The third-order valence-electron chi connectivity index (χ3n) is 4.18. The van der Waals surface area contributed by atoms with Gasteiger partial charge >= 0.3 is 0 Å². The zero-order chi connectivity index (χ0) is 13.5. The summed E-state index contributed by atoms with van der Waals surface area (Å²) in [6, 6.07) is 8.27. The van der Waals surface area contributed by atoms with Gasteiger partial charge in [-0.2, -0.15) is 9.61 Å². The van der Waals surface area contributed by atoms with Gasteiger partial charge < -0.3 is 5.32 Å². The molecule has 0 amide bonds. The van der Waals surface area contributed by atoms with Crippen LogP contribution in [0, 0.1) is 6.92 Å². The van der Waals surface area contributed by atoms with Gasteiger partial charge in [-0.3, -0.25) is 0 Å². The molecule has 0 atom stereocenters. The second-order valence-electron chi connectivity index (χ2n) is 5.45. The quantitative estimate of drug-likeness (QED) is 0.733. The van der Waals surface area contributed by atoms with E-state index in [1.165, 1.54) is 0 Å². The van der Waals surface area contributed by atoms with E-state index in [0.717, 1.165) is 53.9 Å². The number of fused-ring (bicyclic) bond motifs is 3. The van der Waals surface area contributed by atoms with Crippen LogP contribution in [0.4, 0.5) is 0 Å². The van der Waals surface area contributed by atoms with Crippen LogP contribution in [0.1, 0.15) is 30.3 Å². The Kier molecular flexibility index (Phi) is 2.67. The minimum absolute atomic E-state index is 0.458. The van der Waals surface area contributed by atoms with E-state index in [9.17, 15) is 0 Å². The van der Waals surface area contributed by atoms with Gasteiger partial charge in [-0.1, -0.05) is 24.3 Å². The van der Waals surface area contributed by atoms with E-state index < -0.39 is 0 Å². The molecule has 3 heterocycles. The van der Waals surface area contributed by atoms with Crippen molar-refractivity contribution < 1.29 is 0 Å². The zero-order valence-electron chi connectivity index (χ0n) is 11.5. The Morgan fingerprint density at radius 3 is 2.65 bits per heavy atom. The standard InChI is InChI=1S/C15H17N5/c1-10-12-4-2-3-5-13(12)15-18-17-14(20(15)19-10)11-6-8-16-9-7-11/h2-5,11,16H,6-9H2,1H3. The molecule has 0 saturated carbocycles. The largest absolute Gasteiger partial charge is 0.317 e. The van der Waals surface area contributed by atoms with Crippen LogP contribution in [0.15, 0.2) is 24.3 Å². The smallest absolute Gasteiger partial charge is 0.185 e. The highest BCUT2D eigenvalue weighted by atomic mass is 15.4. The summed E-state index contributed by atoms with van der Waals surface area (Å²) in [4.78, 5) is 0. The van der Waals surface area contributed by atoms with E-state index in [2.05, 4.69) is 27.6 Å². The third-order valence-corrected chi connectivity index (χ3v) is 4.18. The molecule has 2 aromatic heterocycles. The molecule has 1 aliphatic heterocycles. The molecule has 0 radical (unpaired) electrons. The Labute approximate surface area is 117 Å². The van der Waals surface area contributed by atoms with Crippen molar-refractivity contribution in [1.82, 2.24) is 25.1 Å². The number of rotatable bonds is 1. The summed E-state index contributed by atoms with van der Waals surface area (Å²) in [6.45, 7) is 4.15. The van der Waals surface area contributed by atoms with Gasteiger partial charge in [-0.25, -0.2) is 0 Å². The Morgan fingerprint density at radius 2 is 1.85 bits per heavy atom. The van der Waals surface area contributed by atoms with Crippen molar-refractivity contribution in [2.24, 2.45) is 0 Å². The minimum atomic E-state index is 0.458. The van der Waals surface area contributed by atoms with Crippen molar-refractivity contribution in [2.75, 3.05) is 13.1 Å². The van der Waals surface area contributed by atoms with Crippen molar-refractivity contribution in [3.8, 4) is 0 Å². The Bertz CT molecular complexity index is 770. The molecule has 0 bridgehead atoms. The van der Waals surface area contributed by atoms with E-state index in [0.29, 0.717) is 5.92 Å². The van der Waals surface area contributed by atoms with Gasteiger partial charge in [0, 0.05) is 16.7 Å². The first-order chi connectivity index (χ1) is 9.84. The maximum Gasteiger partial charge on any atom is 0.185 e. The molecule has 102 valence electrons. The molecular weight excluding hydrogens is 250 g/mol. The van der Waals surface area contributed by atoms with Gasteiger partial charge in [-0.15, -0.1) is 10.2 Å². The molecule has 0 spiro atoms. The molecule has 3 aromatic rings. The SMILES string of the molecule is Cc1nn2c(C3CCNCC3)nnc2c2ccccc12. The second-order valence-corrected chi connectivity index (χ2v) is 5.45. The summed E-state index contributed by atoms with van der Waals surface area (Å²) < 4.78 is 1.95. The van der Waals surface area contributed by atoms with Gasteiger partial charge in [-0.05, 0) is 32.9 Å². The van der Waals surface area contributed by atoms with Gasteiger partial charge in [0.15, 0.2) is 11.5 Å². The van der Waals surface area contributed by atoms with Crippen LogP contribution in [0.25, 0.3) is 16.4 Å². The van der Waals surface area contributed by atoms with E-state index in [-0.39, 0.29) is 0 Å². The fraction of sp³-hybridized carbons (Fsp3) is 0.400. The van der Waals surface area contributed by atoms with E-state index >= 15 is 0 Å². The number of hydrogen-bond acceptors (Lipinski definition) is 4. The van der Waals surface area contributed by atoms with Gasteiger partial charge in [0.2, 0.25) is 0 Å². The average molecular weight is 267 g/mol. The summed E-state index contributed by atoms with van der Waals surface area (Å²) in [7, 11) is 0. The molecule has 4 rings (SSSR count). The Balaban J connectivity index is 1.96. The van der Waals surface area contributed by atoms with Crippen LogP contribution in [0.3, 0.4) is 0 Å². The molecular formula is C15H17N5. The normalized spacial score (nSPS) is 17.1. The summed E-state index contributed by atoms with van der Waals surface area (Å²) in [5.74, 6) is 1.47. The number of aryl methyl sites for hydroxylation is 1. The molecule has 1 aliphatic rings. The average Bonchev–Trinajstić information content (AvgIpc) is 2.92. The van der Waals surface area contributed by atoms with Crippen LogP contribution < -0.4 is 5.32 Å². The van der Waals surface area contributed by atoms with Crippen molar-refractivity contribution >= 4 is 16.4 Å². The number of hydrogen-bond donors (Lipinski definition) is 1. The van der Waals surface area contributed by atoms with Crippen LogP contribution in [0.5, 0.6) is 0 Å². The molecule has 1 fully saturated rings. The molecule has 0 aliphatic carbocycles. The molecule has 5 heteroatoms. The van der Waals surface area contributed by atoms with Crippen LogP contribution in [-0.2, 0) is 0 Å². The second kappa shape index (κ2) is 4.52. The highest BCUT2D eigenvalue weighted by molar-refractivity contribution is 5.94. The lowest BCUT2D eigenvalue weighted by molar-refractivity contribution is 0.438. The van der Waals surface area contributed by atoms with Crippen molar-refractivity contribution in [3.05, 3.63) is 35.8 Å². The van der Waals surface area contributed by atoms with Gasteiger partial charge in [0.1, 0.15) is 0 Å². The Hall–Kier alpha value is -2.01. The zero-order valence-corrected chi connectivity index (χ0v) is 11.5. The number of aromatic nitrogens is 4. The lowest BCUT2D eigenvalue weighted by atomic mass is 9.97. The van der Waals surface area contributed by atoms with E-state index in [1.54, 1.807) is 0 Å². The highest BCUT2D eigenvalue weighted by Crippen LogP contribution is 2.26. The van der Waals surface area contributed by atoms with E-state index in [4.69, 9.17) is 5.10 Å². The van der Waals surface area contributed by atoms with Crippen LogP contribution >= 0.6 is 0 Å². The predicted octanol–water partition coefficient (Wildman–Crippen LogP) is 2.05. The van der Waals surface area contributed by atoms with Crippen molar-refractivity contribution in [2.45, 2.75) is 25.7 Å². The number of nitrogens with one attached hydrogen (secondary N) is 1. The fourth-order valence-electron chi connectivity index (χ4n) is 3.09. The lowest BCUT2D eigenvalue weighted by Crippen LogP contribution is -2.27. The molecule has 5 nitrogen and oxygen atoms in total. The fourth-order valence-corrected chi connectivity index (χ4v) is 3.09. The molecule has 0 unspecified atom stereocenters. The van der Waals surface area contributed by atoms with Gasteiger partial charge in [0.05, 0.1) is 5.69 Å². The summed E-state index contributed by atoms with van der Waals surface area (Å²) in [6.07, 6.45) is 2.21. The Morgan fingerprint density at radius 1 is 1.10 bits per heavy atom. The van der Waals surface area contributed by atoms with E-state index in [1.807, 2.05) is 23.6 Å². The maximum absolute atomic E-state index is 4.71. The predicted molar refractivity (Wildman–Crippen MR) is 77.9 cm³/mol. The first-order valence-corrected chi connectivity index (χ1v) is 7.16. The first-order valence-electron chi connectivity index (χ1n) is 7.16. The summed E-state index contributed by atoms with van der Waals surface area (Å²) in [5.41, 5.74) is 1.91. The third kappa shape index (κ3) is 1.70. The maximum atomic E-state index is 4.71. The highest BCUT2D eigenvalue weighted by Gasteiger charge is 2.22. The lowest BCUT2D eigenvalue weighted by Gasteiger charge is -2.20. The number of piperidine rings is 1. The van der Waals surface area contributed by atoms with Crippen LogP contribution in [-0.4, -0.2) is 32.9 Å². The van der Waals surface area contributed by atoms with Crippen LogP contribution in [0.2, 0.25) is 0 Å². The monoisotopic (exact) mass is 267 g/mol.